The highest BCUT2D eigenvalue weighted by molar-refractivity contribution is 5.78. The van der Waals surface area contributed by atoms with Crippen LogP contribution in [0.25, 0.3) is 5.69 Å². The molecule has 5 nitrogen and oxygen atoms in total. The summed E-state index contributed by atoms with van der Waals surface area (Å²) in [5.74, 6) is -1.29. The summed E-state index contributed by atoms with van der Waals surface area (Å²) in [6.45, 7) is 4.36. The highest BCUT2D eigenvalue weighted by Gasteiger charge is 2.17. The van der Waals surface area contributed by atoms with E-state index in [0.717, 1.165) is 35.9 Å². The molecule has 1 fully saturated rings. The third kappa shape index (κ3) is 4.71. The molecule has 0 radical (unpaired) electrons. The van der Waals surface area contributed by atoms with Crippen molar-refractivity contribution in [2.75, 3.05) is 6.54 Å². The number of amides is 1. The van der Waals surface area contributed by atoms with E-state index in [1.54, 1.807) is 0 Å². The maximum atomic E-state index is 14.1. The van der Waals surface area contributed by atoms with Gasteiger partial charge in [0.25, 0.3) is 0 Å². The van der Waals surface area contributed by atoms with Gasteiger partial charge in [-0.05, 0) is 38.8 Å². The number of halogens is 2. The van der Waals surface area contributed by atoms with Gasteiger partial charge in [-0.3, -0.25) is 4.79 Å². The second-order valence-electron chi connectivity index (χ2n) is 7.16. The Morgan fingerprint density at radius 2 is 1.96 bits per heavy atom. The Morgan fingerprint density at radius 3 is 2.67 bits per heavy atom. The summed E-state index contributed by atoms with van der Waals surface area (Å²) in [5.41, 5.74) is 2.62. The van der Waals surface area contributed by atoms with Crippen LogP contribution in [-0.4, -0.2) is 28.3 Å². The van der Waals surface area contributed by atoms with Crippen LogP contribution in [0.15, 0.2) is 18.2 Å². The summed E-state index contributed by atoms with van der Waals surface area (Å²) >= 11 is 0. The van der Waals surface area contributed by atoms with E-state index >= 15 is 0 Å². The van der Waals surface area contributed by atoms with Crippen molar-refractivity contribution in [3.05, 3.63) is 46.8 Å². The molecule has 2 N–H and O–H groups in total. The zero-order chi connectivity index (χ0) is 19.4. The first-order valence-electron chi connectivity index (χ1n) is 9.46. The van der Waals surface area contributed by atoms with Crippen LogP contribution < -0.4 is 10.6 Å². The predicted octanol–water partition coefficient (Wildman–Crippen LogP) is 3.31. The summed E-state index contributed by atoms with van der Waals surface area (Å²) < 4.78 is 28.7. The Balaban J connectivity index is 1.60. The number of rotatable bonds is 6. The van der Waals surface area contributed by atoms with Crippen LogP contribution in [0.5, 0.6) is 0 Å². The number of carbonyl (C=O) groups excluding carboxylic acids is 1. The first kappa shape index (κ1) is 19.5. The molecule has 0 unspecified atom stereocenters. The normalized spacial score (nSPS) is 15.1. The lowest BCUT2D eigenvalue weighted by Gasteiger charge is -2.22. The fourth-order valence-electron chi connectivity index (χ4n) is 3.65. The van der Waals surface area contributed by atoms with Crippen molar-refractivity contribution in [2.45, 2.75) is 58.5 Å². The van der Waals surface area contributed by atoms with Gasteiger partial charge in [0, 0.05) is 29.9 Å². The van der Waals surface area contributed by atoms with E-state index in [0.29, 0.717) is 12.6 Å². The molecular weight excluding hydrogens is 350 g/mol. The van der Waals surface area contributed by atoms with Gasteiger partial charge in [0.15, 0.2) is 5.82 Å². The van der Waals surface area contributed by atoms with E-state index in [9.17, 15) is 13.6 Å². The molecular formula is C20H26F2N4O. The Labute approximate surface area is 158 Å². The quantitative estimate of drug-likeness (QED) is 0.813. The van der Waals surface area contributed by atoms with Gasteiger partial charge < -0.3 is 10.6 Å². The minimum Gasteiger partial charge on any atom is -0.352 e. The van der Waals surface area contributed by atoms with Gasteiger partial charge in [-0.1, -0.05) is 19.3 Å². The number of hydrogen-bond acceptors (Lipinski definition) is 3. The molecule has 1 heterocycles. The molecule has 27 heavy (non-hydrogen) atoms. The first-order chi connectivity index (χ1) is 13.0. The first-order valence-corrected chi connectivity index (χ1v) is 9.46. The molecule has 146 valence electrons. The van der Waals surface area contributed by atoms with Gasteiger partial charge in [-0.2, -0.15) is 5.10 Å². The lowest BCUT2D eigenvalue weighted by atomic mass is 9.95. The number of carbonyl (C=O) groups is 1. The molecule has 0 saturated heterocycles. The minimum absolute atomic E-state index is 0.00539. The average Bonchev–Trinajstić information content (AvgIpc) is 2.90. The van der Waals surface area contributed by atoms with Crippen LogP contribution in [0.3, 0.4) is 0 Å². The van der Waals surface area contributed by atoms with Crippen LogP contribution in [0.4, 0.5) is 8.78 Å². The van der Waals surface area contributed by atoms with Crippen molar-refractivity contribution in [2.24, 2.45) is 0 Å². The van der Waals surface area contributed by atoms with Crippen molar-refractivity contribution in [3.8, 4) is 5.69 Å². The van der Waals surface area contributed by atoms with E-state index < -0.39 is 11.6 Å². The van der Waals surface area contributed by atoms with Crippen molar-refractivity contribution in [1.82, 2.24) is 20.4 Å². The van der Waals surface area contributed by atoms with Crippen LogP contribution in [0, 0.1) is 25.5 Å². The largest absolute Gasteiger partial charge is 0.352 e. The monoisotopic (exact) mass is 376 g/mol. The van der Waals surface area contributed by atoms with Crippen LogP contribution >= 0.6 is 0 Å². The molecule has 0 aliphatic heterocycles. The Kier molecular flexibility index (Phi) is 6.21. The molecule has 0 bridgehead atoms. The lowest BCUT2D eigenvalue weighted by Crippen LogP contribution is -2.41. The van der Waals surface area contributed by atoms with E-state index in [1.165, 1.54) is 36.1 Å². The number of aryl methyl sites for hydroxylation is 1. The SMILES string of the molecule is Cc1nn(-c2ccc(F)cc2F)c(C)c1CNCC(=O)NC1CCCCC1. The van der Waals surface area contributed by atoms with Crippen molar-refractivity contribution >= 4 is 5.91 Å². The second-order valence-corrected chi connectivity index (χ2v) is 7.16. The molecule has 1 aromatic heterocycles. The molecule has 0 atom stereocenters. The molecule has 1 amide bonds. The standard InChI is InChI=1S/C20H26F2N4O/c1-13-17(11-23-12-20(27)24-16-6-4-3-5-7-16)14(2)26(25-13)19-9-8-15(21)10-18(19)22/h8-10,16,23H,3-7,11-12H2,1-2H3,(H,24,27). The van der Waals surface area contributed by atoms with Crippen LogP contribution in [-0.2, 0) is 11.3 Å². The highest BCUT2D eigenvalue weighted by Crippen LogP contribution is 2.21. The number of benzene rings is 1. The van der Waals surface area contributed by atoms with Crippen molar-refractivity contribution in [1.29, 1.82) is 0 Å². The fraction of sp³-hybridized carbons (Fsp3) is 0.500. The van der Waals surface area contributed by atoms with Gasteiger partial charge in [0.2, 0.25) is 5.91 Å². The molecule has 1 aromatic carbocycles. The number of hydrogen-bond donors (Lipinski definition) is 2. The average molecular weight is 376 g/mol. The summed E-state index contributed by atoms with van der Waals surface area (Å²) in [4.78, 5) is 12.1. The molecule has 1 saturated carbocycles. The molecule has 1 aliphatic rings. The molecule has 3 rings (SSSR count). The van der Waals surface area contributed by atoms with Crippen LogP contribution in [0.2, 0.25) is 0 Å². The minimum atomic E-state index is -0.660. The Hall–Kier alpha value is -2.28. The van der Waals surface area contributed by atoms with Gasteiger partial charge in [-0.25, -0.2) is 13.5 Å². The van der Waals surface area contributed by atoms with Crippen molar-refractivity contribution in [3.63, 3.8) is 0 Å². The molecule has 2 aromatic rings. The van der Waals surface area contributed by atoms with Gasteiger partial charge in [0.1, 0.15) is 11.5 Å². The molecule has 0 spiro atoms. The number of nitrogens with one attached hydrogen (secondary N) is 2. The van der Waals surface area contributed by atoms with E-state index in [4.69, 9.17) is 0 Å². The third-order valence-corrected chi connectivity index (χ3v) is 5.14. The summed E-state index contributed by atoms with van der Waals surface area (Å²) in [6, 6.07) is 3.72. The second kappa shape index (κ2) is 8.61. The summed E-state index contributed by atoms with van der Waals surface area (Å²) in [6.07, 6.45) is 5.72. The number of nitrogens with zero attached hydrogens (tertiary/aromatic N) is 2. The lowest BCUT2D eigenvalue weighted by molar-refractivity contribution is -0.121. The predicted molar refractivity (Wildman–Crippen MR) is 99.7 cm³/mol. The van der Waals surface area contributed by atoms with Gasteiger partial charge >= 0.3 is 0 Å². The molecule has 7 heteroatoms. The zero-order valence-corrected chi connectivity index (χ0v) is 15.8. The van der Waals surface area contributed by atoms with Gasteiger partial charge in [-0.15, -0.1) is 0 Å². The Morgan fingerprint density at radius 1 is 1.22 bits per heavy atom. The van der Waals surface area contributed by atoms with E-state index in [2.05, 4.69) is 15.7 Å². The summed E-state index contributed by atoms with van der Waals surface area (Å²) in [5, 5.41) is 10.6. The van der Waals surface area contributed by atoms with Crippen LogP contribution in [0.1, 0.15) is 49.1 Å². The topological polar surface area (TPSA) is 59.0 Å². The Bertz CT molecular complexity index is 813. The molecule has 1 aliphatic carbocycles. The highest BCUT2D eigenvalue weighted by atomic mass is 19.1. The maximum absolute atomic E-state index is 14.1. The van der Waals surface area contributed by atoms with Gasteiger partial charge in [0.05, 0.1) is 12.2 Å². The maximum Gasteiger partial charge on any atom is 0.234 e. The fourth-order valence-corrected chi connectivity index (χ4v) is 3.65. The van der Waals surface area contributed by atoms with Crippen molar-refractivity contribution < 1.29 is 13.6 Å². The third-order valence-electron chi connectivity index (χ3n) is 5.14. The number of aromatic nitrogens is 2. The zero-order valence-electron chi connectivity index (χ0n) is 15.8. The smallest absolute Gasteiger partial charge is 0.234 e. The van der Waals surface area contributed by atoms with E-state index in [-0.39, 0.29) is 18.1 Å². The summed E-state index contributed by atoms with van der Waals surface area (Å²) in [7, 11) is 0. The van der Waals surface area contributed by atoms with E-state index in [1.807, 2.05) is 13.8 Å².